The first-order chi connectivity index (χ1) is 6.86. The Hall–Kier alpha value is -0.820. The minimum absolute atomic E-state index is 0.471. The molecule has 0 aliphatic heterocycles. The lowest BCUT2D eigenvalue weighted by molar-refractivity contribution is 0.447. The van der Waals surface area contributed by atoms with E-state index >= 15 is 0 Å². The molecule has 0 amide bonds. The molecule has 1 aromatic rings. The molecule has 1 aromatic carbocycles. The van der Waals surface area contributed by atoms with Gasteiger partial charge in [0.05, 0.1) is 0 Å². The molecule has 0 heterocycles. The summed E-state index contributed by atoms with van der Waals surface area (Å²) in [4.78, 5) is 0. The Morgan fingerprint density at radius 2 is 1.93 bits per heavy atom. The molecular formula is C13H19N. The minimum atomic E-state index is 0.471. The van der Waals surface area contributed by atoms with Crippen molar-refractivity contribution < 1.29 is 0 Å². The number of benzene rings is 1. The number of hydrogen-bond acceptors (Lipinski definition) is 1. The predicted molar refractivity (Wildman–Crippen MR) is 60.1 cm³/mol. The van der Waals surface area contributed by atoms with E-state index in [9.17, 15) is 0 Å². The summed E-state index contributed by atoms with van der Waals surface area (Å²) in [6.45, 7) is 0. The highest BCUT2D eigenvalue weighted by Crippen LogP contribution is 2.27. The van der Waals surface area contributed by atoms with Gasteiger partial charge in [0, 0.05) is 6.04 Å². The zero-order valence-electron chi connectivity index (χ0n) is 8.65. The summed E-state index contributed by atoms with van der Waals surface area (Å²) in [5.41, 5.74) is 7.49. The van der Waals surface area contributed by atoms with Gasteiger partial charge in [-0.2, -0.15) is 0 Å². The molecule has 0 saturated heterocycles. The van der Waals surface area contributed by atoms with E-state index in [1.807, 2.05) is 0 Å². The largest absolute Gasteiger partial charge is 0.327 e. The van der Waals surface area contributed by atoms with E-state index in [0.29, 0.717) is 6.04 Å². The minimum Gasteiger partial charge on any atom is -0.327 e. The van der Waals surface area contributed by atoms with Crippen LogP contribution in [0.2, 0.25) is 0 Å². The van der Waals surface area contributed by atoms with Crippen LogP contribution in [0.4, 0.5) is 0 Å². The molecule has 0 unspecified atom stereocenters. The van der Waals surface area contributed by atoms with Gasteiger partial charge in [-0.3, -0.25) is 0 Å². The summed E-state index contributed by atoms with van der Waals surface area (Å²) >= 11 is 0. The maximum Gasteiger partial charge on any atom is 0.00672 e. The predicted octanol–water partition coefficient (Wildman–Crippen LogP) is 2.75. The fourth-order valence-corrected chi connectivity index (χ4v) is 2.42. The molecule has 0 bridgehead atoms. The van der Waals surface area contributed by atoms with E-state index in [-0.39, 0.29) is 0 Å². The molecule has 2 rings (SSSR count). The Kier molecular flexibility index (Phi) is 3.20. The summed E-state index contributed by atoms with van der Waals surface area (Å²) in [5.74, 6) is 0.773. The number of rotatable bonds is 3. The summed E-state index contributed by atoms with van der Waals surface area (Å²) < 4.78 is 0. The molecule has 0 aromatic heterocycles. The van der Waals surface area contributed by atoms with Crippen LogP contribution in [-0.2, 0) is 6.42 Å². The van der Waals surface area contributed by atoms with E-state index in [1.165, 1.54) is 37.7 Å². The summed E-state index contributed by atoms with van der Waals surface area (Å²) in [5, 5.41) is 0. The van der Waals surface area contributed by atoms with Crippen LogP contribution in [0.3, 0.4) is 0 Å². The van der Waals surface area contributed by atoms with E-state index in [1.54, 1.807) is 0 Å². The number of aryl methyl sites for hydroxylation is 1. The van der Waals surface area contributed by atoms with Crippen molar-refractivity contribution in [2.45, 2.75) is 38.1 Å². The summed E-state index contributed by atoms with van der Waals surface area (Å²) in [6.07, 6.45) is 6.37. The maximum atomic E-state index is 6.04. The lowest BCUT2D eigenvalue weighted by Gasteiger charge is -2.14. The molecule has 1 saturated carbocycles. The van der Waals surface area contributed by atoms with Gasteiger partial charge in [0.25, 0.3) is 0 Å². The first kappa shape index (κ1) is 9.72. The Bertz CT molecular complexity index is 268. The second-order valence-electron chi connectivity index (χ2n) is 4.38. The van der Waals surface area contributed by atoms with Crippen LogP contribution in [0.1, 0.15) is 31.2 Å². The highest BCUT2D eigenvalue weighted by molar-refractivity contribution is 5.14. The van der Waals surface area contributed by atoms with Crippen LogP contribution in [0.5, 0.6) is 0 Å². The van der Waals surface area contributed by atoms with Crippen LogP contribution >= 0.6 is 0 Å². The van der Waals surface area contributed by atoms with Gasteiger partial charge in [0.1, 0.15) is 0 Å². The van der Waals surface area contributed by atoms with Gasteiger partial charge >= 0.3 is 0 Å². The zero-order valence-corrected chi connectivity index (χ0v) is 8.65. The molecule has 1 heteroatoms. The highest BCUT2D eigenvalue weighted by atomic mass is 14.7. The van der Waals surface area contributed by atoms with Crippen LogP contribution < -0.4 is 5.73 Å². The van der Waals surface area contributed by atoms with Crippen LogP contribution in [-0.4, -0.2) is 6.04 Å². The Morgan fingerprint density at radius 3 is 2.57 bits per heavy atom. The van der Waals surface area contributed by atoms with E-state index < -0.39 is 0 Å². The third-order valence-electron chi connectivity index (χ3n) is 3.36. The Balaban J connectivity index is 1.82. The standard InChI is InChI=1S/C13H19N/c14-13-8-4-7-12(13)10-9-11-5-2-1-3-6-11/h1-3,5-6,12-13H,4,7-10,14H2/t12-,13-/m1/s1. The zero-order chi connectivity index (χ0) is 9.80. The average molecular weight is 189 g/mol. The number of hydrogen-bond donors (Lipinski definition) is 1. The van der Waals surface area contributed by atoms with Crippen molar-refractivity contribution in [1.29, 1.82) is 0 Å². The molecule has 2 atom stereocenters. The topological polar surface area (TPSA) is 26.0 Å². The van der Waals surface area contributed by atoms with Gasteiger partial charge in [-0.25, -0.2) is 0 Å². The van der Waals surface area contributed by atoms with Crippen LogP contribution in [0.15, 0.2) is 30.3 Å². The van der Waals surface area contributed by atoms with Gasteiger partial charge in [-0.15, -0.1) is 0 Å². The lowest BCUT2D eigenvalue weighted by atomic mass is 9.95. The van der Waals surface area contributed by atoms with Crippen molar-refractivity contribution in [3.05, 3.63) is 35.9 Å². The first-order valence-electron chi connectivity index (χ1n) is 5.66. The molecule has 1 fully saturated rings. The third-order valence-corrected chi connectivity index (χ3v) is 3.36. The Morgan fingerprint density at radius 1 is 1.14 bits per heavy atom. The third kappa shape index (κ3) is 2.36. The Labute approximate surface area is 86.3 Å². The van der Waals surface area contributed by atoms with Crippen LogP contribution in [0.25, 0.3) is 0 Å². The van der Waals surface area contributed by atoms with Crippen molar-refractivity contribution in [3.63, 3.8) is 0 Å². The van der Waals surface area contributed by atoms with Gasteiger partial charge in [-0.1, -0.05) is 36.8 Å². The monoisotopic (exact) mass is 189 g/mol. The normalized spacial score (nSPS) is 26.6. The highest BCUT2D eigenvalue weighted by Gasteiger charge is 2.22. The van der Waals surface area contributed by atoms with Crippen molar-refractivity contribution in [2.75, 3.05) is 0 Å². The molecule has 76 valence electrons. The van der Waals surface area contributed by atoms with Gasteiger partial charge in [-0.05, 0) is 37.2 Å². The van der Waals surface area contributed by atoms with Gasteiger partial charge < -0.3 is 5.73 Å². The molecule has 14 heavy (non-hydrogen) atoms. The van der Waals surface area contributed by atoms with Crippen molar-refractivity contribution in [1.82, 2.24) is 0 Å². The van der Waals surface area contributed by atoms with E-state index in [4.69, 9.17) is 5.73 Å². The molecule has 0 radical (unpaired) electrons. The fourth-order valence-electron chi connectivity index (χ4n) is 2.42. The molecular weight excluding hydrogens is 170 g/mol. The second-order valence-corrected chi connectivity index (χ2v) is 4.38. The van der Waals surface area contributed by atoms with Gasteiger partial charge in [0.15, 0.2) is 0 Å². The van der Waals surface area contributed by atoms with Gasteiger partial charge in [0.2, 0.25) is 0 Å². The van der Waals surface area contributed by atoms with E-state index in [2.05, 4.69) is 30.3 Å². The molecule has 1 nitrogen and oxygen atoms in total. The van der Waals surface area contributed by atoms with Crippen LogP contribution in [0, 0.1) is 5.92 Å². The molecule has 1 aliphatic rings. The summed E-state index contributed by atoms with van der Waals surface area (Å²) in [7, 11) is 0. The fraction of sp³-hybridized carbons (Fsp3) is 0.538. The molecule has 2 N–H and O–H groups in total. The quantitative estimate of drug-likeness (QED) is 0.777. The van der Waals surface area contributed by atoms with Crippen molar-refractivity contribution in [3.8, 4) is 0 Å². The first-order valence-corrected chi connectivity index (χ1v) is 5.66. The van der Waals surface area contributed by atoms with E-state index in [0.717, 1.165) is 5.92 Å². The average Bonchev–Trinajstić information content (AvgIpc) is 2.63. The second kappa shape index (κ2) is 4.61. The smallest absolute Gasteiger partial charge is 0.00672 e. The SMILES string of the molecule is N[C@@H]1CCC[C@@H]1CCc1ccccc1. The number of nitrogens with two attached hydrogens (primary N) is 1. The maximum absolute atomic E-state index is 6.04. The van der Waals surface area contributed by atoms with Crippen molar-refractivity contribution >= 4 is 0 Å². The van der Waals surface area contributed by atoms with Crippen molar-refractivity contribution in [2.24, 2.45) is 11.7 Å². The molecule has 1 aliphatic carbocycles. The molecule has 0 spiro atoms. The lowest BCUT2D eigenvalue weighted by Crippen LogP contribution is -2.24. The summed E-state index contributed by atoms with van der Waals surface area (Å²) in [6, 6.07) is 11.2.